The zero-order valence-corrected chi connectivity index (χ0v) is 12.8. The molecule has 108 valence electrons. The molecule has 1 atom stereocenters. The topological polar surface area (TPSA) is 55.4 Å². The lowest BCUT2D eigenvalue weighted by Gasteiger charge is -2.16. The Kier molecular flexibility index (Phi) is 5.82. The van der Waals surface area contributed by atoms with Crippen molar-refractivity contribution in [3.63, 3.8) is 0 Å². The quantitative estimate of drug-likeness (QED) is 0.838. The van der Waals surface area contributed by atoms with E-state index in [1.54, 1.807) is 0 Å². The third kappa shape index (κ3) is 5.61. The van der Waals surface area contributed by atoms with Crippen LogP contribution < -0.4 is 9.46 Å². The van der Waals surface area contributed by atoms with Crippen LogP contribution in [0.3, 0.4) is 0 Å². The van der Waals surface area contributed by atoms with Gasteiger partial charge >= 0.3 is 0 Å². The summed E-state index contributed by atoms with van der Waals surface area (Å²) in [5, 5.41) is 0. The Bertz CT molecular complexity index is 497. The van der Waals surface area contributed by atoms with Gasteiger partial charge in [-0.05, 0) is 44.9 Å². The zero-order chi connectivity index (χ0) is 14.5. The first-order chi connectivity index (χ1) is 8.84. The highest BCUT2D eigenvalue weighted by Crippen LogP contribution is 2.20. The number of benzene rings is 1. The fraction of sp³-hybridized carbons (Fsp3) is 0.571. The second-order valence-electron chi connectivity index (χ2n) is 4.90. The van der Waals surface area contributed by atoms with Gasteiger partial charge in [0.2, 0.25) is 10.0 Å². The normalized spacial score (nSPS) is 13.5. The van der Waals surface area contributed by atoms with Crippen LogP contribution in [-0.4, -0.2) is 20.3 Å². The summed E-state index contributed by atoms with van der Waals surface area (Å²) in [6.45, 7) is 7.60. The summed E-state index contributed by atoms with van der Waals surface area (Å²) in [6, 6.07) is 7.26. The molecule has 1 N–H and O–H groups in total. The van der Waals surface area contributed by atoms with Gasteiger partial charge in [0.1, 0.15) is 5.75 Å². The van der Waals surface area contributed by atoms with Crippen LogP contribution in [0.2, 0.25) is 0 Å². The van der Waals surface area contributed by atoms with E-state index >= 15 is 0 Å². The minimum Gasteiger partial charge on any atom is -0.491 e. The monoisotopic (exact) mass is 285 g/mol. The number of hydrogen-bond donors (Lipinski definition) is 1. The first-order valence-corrected chi connectivity index (χ1v) is 8.26. The number of rotatable bonds is 7. The summed E-state index contributed by atoms with van der Waals surface area (Å²) in [7, 11) is -3.21. The van der Waals surface area contributed by atoms with Crippen LogP contribution >= 0.6 is 0 Å². The lowest BCUT2D eigenvalue weighted by molar-refractivity contribution is 0.242. The molecule has 1 unspecified atom stereocenters. The van der Waals surface area contributed by atoms with E-state index in [0.29, 0.717) is 6.42 Å². The Morgan fingerprint density at radius 1 is 1.26 bits per heavy atom. The maximum Gasteiger partial charge on any atom is 0.212 e. The molecule has 19 heavy (non-hydrogen) atoms. The molecule has 0 saturated carbocycles. The second kappa shape index (κ2) is 6.91. The summed E-state index contributed by atoms with van der Waals surface area (Å²) in [6.07, 6.45) is 0.709. The molecular formula is C14H23NO3S. The Balaban J connectivity index is 2.79. The van der Waals surface area contributed by atoms with Crippen LogP contribution in [0.15, 0.2) is 24.3 Å². The molecule has 1 rings (SSSR count). The molecule has 1 aromatic rings. The number of ether oxygens (including phenoxy) is 1. The van der Waals surface area contributed by atoms with E-state index in [1.165, 1.54) is 0 Å². The van der Waals surface area contributed by atoms with Crippen LogP contribution in [0.4, 0.5) is 0 Å². The third-order valence-corrected chi connectivity index (χ3v) is 4.22. The molecule has 4 nitrogen and oxygen atoms in total. The Labute approximate surface area is 116 Å². The van der Waals surface area contributed by atoms with E-state index in [9.17, 15) is 8.42 Å². The van der Waals surface area contributed by atoms with Crippen molar-refractivity contribution >= 4 is 10.0 Å². The highest BCUT2D eigenvalue weighted by molar-refractivity contribution is 7.89. The number of nitrogens with one attached hydrogen (secondary N) is 1. The molecule has 0 aliphatic carbocycles. The van der Waals surface area contributed by atoms with Gasteiger partial charge in [0, 0.05) is 6.04 Å². The first kappa shape index (κ1) is 16.0. The first-order valence-electron chi connectivity index (χ1n) is 6.60. The molecule has 0 aliphatic heterocycles. The predicted octanol–water partition coefficient (Wildman–Crippen LogP) is 2.86. The molecule has 0 saturated heterocycles. The van der Waals surface area contributed by atoms with E-state index in [-0.39, 0.29) is 17.9 Å². The molecule has 0 amide bonds. The Morgan fingerprint density at radius 3 is 2.53 bits per heavy atom. The summed E-state index contributed by atoms with van der Waals surface area (Å²) in [5.41, 5.74) is 0.901. The lowest BCUT2D eigenvalue weighted by Crippen LogP contribution is -2.28. The third-order valence-electron chi connectivity index (χ3n) is 2.56. The van der Waals surface area contributed by atoms with Gasteiger partial charge in [-0.1, -0.05) is 19.1 Å². The van der Waals surface area contributed by atoms with Crippen molar-refractivity contribution in [3.8, 4) is 5.75 Å². The van der Waals surface area contributed by atoms with E-state index < -0.39 is 10.0 Å². The summed E-state index contributed by atoms with van der Waals surface area (Å²) >= 11 is 0. The minimum atomic E-state index is -3.21. The molecule has 1 aromatic carbocycles. The van der Waals surface area contributed by atoms with Crippen LogP contribution in [0, 0.1) is 0 Å². The molecular weight excluding hydrogens is 262 g/mol. The van der Waals surface area contributed by atoms with E-state index in [4.69, 9.17) is 4.74 Å². The van der Waals surface area contributed by atoms with Crippen molar-refractivity contribution in [2.75, 3.05) is 5.75 Å². The highest BCUT2D eigenvalue weighted by atomic mass is 32.2. The van der Waals surface area contributed by atoms with Crippen molar-refractivity contribution in [2.24, 2.45) is 0 Å². The summed E-state index contributed by atoms with van der Waals surface area (Å²) in [4.78, 5) is 0. The summed E-state index contributed by atoms with van der Waals surface area (Å²) in [5.74, 6) is 0.911. The van der Waals surface area contributed by atoms with Gasteiger partial charge in [0.05, 0.1) is 11.9 Å². The van der Waals surface area contributed by atoms with Gasteiger partial charge in [-0.15, -0.1) is 0 Å². The van der Waals surface area contributed by atoms with Crippen molar-refractivity contribution in [1.29, 1.82) is 0 Å². The standard InChI is InChI=1S/C14H23NO3S/c1-5-9-19(16,17)15-12(4)13-7-6-8-14(10-13)18-11(2)3/h6-8,10-12,15H,5,9H2,1-4H3. The van der Waals surface area contributed by atoms with Gasteiger partial charge in [0.15, 0.2) is 0 Å². The average molecular weight is 285 g/mol. The Hall–Kier alpha value is -1.07. The largest absolute Gasteiger partial charge is 0.491 e. The molecule has 0 fully saturated rings. The molecule has 0 spiro atoms. The van der Waals surface area contributed by atoms with Gasteiger partial charge in [0.25, 0.3) is 0 Å². The number of sulfonamides is 1. The fourth-order valence-electron chi connectivity index (χ4n) is 1.79. The maximum absolute atomic E-state index is 11.7. The molecule has 0 bridgehead atoms. The lowest BCUT2D eigenvalue weighted by atomic mass is 10.1. The summed E-state index contributed by atoms with van der Waals surface area (Å²) < 4.78 is 31.7. The molecule has 5 heteroatoms. The molecule has 0 heterocycles. The minimum absolute atomic E-state index is 0.0994. The molecule has 0 radical (unpaired) electrons. The van der Waals surface area contributed by atoms with E-state index in [1.807, 2.05) is 52.0 Å². The SMILES string of the molecule is CCCS(=O)(=O)NC(C)c1cccc(OC(C)C)c1. The van der Waals surface area contributed by atoms with Crippen molar-refractivity contribution in [3.05, 3.63) is 29.8 Å². The zero-order valence-electron chi connectivity index (χ0n) is 12.0. The molecule has 0 aromatic heterocycles. The van der Waals surface area contributed by atoms with E-state index in [0.717, 1.165) is 11.3 Å². The van der Waals surface area contributed by atoms with Gasteiger partial charge in [-0.25, -0.2) is 13.1 Å². The van der Waals surface area contributed by atoms with E-state index in [2.05, 4.69) is 4.72 Å². The predicted molar refractivity (Wildman–Crippen MR) is 77.8 cm³/mol. The van der Waals surface area contributed by atoms with Gasteiger partial charge in [-0.2, -0.15) is 0 Å². The second-order valence-corrected chi connectivity index (χ2v) is 6.77. The maximum atomic E-state index is 11.7. The van der Waals surface area contributed by atoms with Crippen molar-refractivity contribution in [1.82, 2.24) is 4.72 Å². The van der Waals surface area contributed by atoms with Gasteiger partial charge < -0.3 is 4.74 Å². The highest BCUT2D eigenvalue weighted by Gasteiger charge is 2.15. The van der Waals surface area contributed by atoms with Gasteiger partial charge in [-0.3, -0.25) is 0 Å². The molecule has 0 aliphatic rings. The van der Waals surface area contributed by atoms with Crippen LogP contribution in [0.1, 0.15) is 45.7 Å². The van der Waals surface area contributed by atoms with Crippen LogP contribution in [0.5, 0.6) is 5.75 Å². The Morgan fingerprint density at radius 2 is 1.95 bits per heavy atom. The average Bonchev–Trinajstić information content (AvgIpc) is 2.27. The fourth-order valence-corrected chi connectivity index (χ4v) is 3.12. The number of hydrogen-bond acceptors (Lipinski definition) is 3. The van der Waals surface area contributed by atoms with Crippen molar-refractivity contribution < 1.29 is 13.2 Å². The van der Waals surface area contributed by atoms with Crippen LogP contribution in [0.25, 0.3) is 0 Å². The van der Waals surface area contributed by atoms with Crippen molar-refractivity contribution in [2.45, 2.75) is 46.3 Å². The smallest absolute Gasteiger partial charge is 0.212 e. The van der Waals surface area contributed by atoms with Crippen LogP contribution in [-0.2, 0) is 10.0 Å².